The number of benzene rings is 4. The van der Waals surface area contributed by atoms with Crippen LogP contribution in [0, 0.1) is 0 Å². The zero-order valence-corrected chi connectivity index (χ0v) is 29.1. The molecule has 53 heavy (non-hydrogen) atoms. The highest BCUT2D eigenvalue weighted by Gasteiger charge is 2.59. The SMILES string of the molecule is CO[C@@H]1O[C@H](COC(c2ccccc2)(c2ccccc2)c2ccccc2)[C@@H](OS(=O)(=O)C(F)(F)F)[C@H](OCc2ccccc2)[C@H]1OS(=O)(=O)C(F)(F)F. The summed E-state index contributed by atoms with van der Waals surface area (Å²) in [7, 11) is -12.2. The molecule has 10 nitrogen and oxygen atoms in total. The Labute approximate surface area is 301 Å². The topological polar surface area (TPSA) is 124 Å². The molecular formula is C35H32F6O10S2. The van der Waals surface area contributed by atoms with Crippen LogP contribution in [0.5, 0.6) is 0 Å². The van der Waals surface area contributed by atoms with Crippen molar-refractivity contribution in [2.24, 2.45) is 0 Å². The second-order valence-corrected chi connectivity index (χ2v) is 14.7. The van der Waals surface area contributed by atoms with Gasteiger partial charge >= 0.3 is 31.3 Å². The van der Waals surface area contributed by atoms with Crippen LogP contribution in [0.2, 0.25) is 0 Å². The van der Waals surface area contributed by atoms with E-state index in [1.54, 1.807) is 97.1 Å². The van der Waals surface area contributed by atoms with Crippen molar-refractivity contribution in [2.75, 3.05) is 13.7 Å². The molecule has 1 heterocycles. The van der Waals surface area contributed by atoms with E-state index in [4.69, 9.17) is 18.9 Å². The van der Waals surface area contributed by atoms with Crippen LogP contribution in [0.3, 0.4) is 0 Å². The molecule has 0 aliphatic carbocycles. The van der Waals surface area contributed by atoms with E-state index >= 15 is 0 Å². The highest BCUT2D eigenvalue weighted by atomic mass is 32.2. The Kier molecular flexibility index (Phi) is 12.3. The summed E-state index contributed by atoms with van der Waals surface area (Å²) in [4.78, 5) is 0. The third-order valence-electron chi connectivity index (χ3n) is 8.16. The van der Waals surface area contributed by atoms with Crippen LogP contribution < -0.4 is 0 Å². The molecular weight excluding hydrogens is 758 g/mol. The van der Waals surface area contributed by atoms with Gasteiger partial charge in [-0.2, -0.15) is 43.2 Å². The smallest absolute Gasteiger partial charge is 0.368 e. The largest absolute Gasteiger partial charge is 0.523 e. The molecule has 1 aliphatic rings. The predicted molar refractivity (Wildman–Crippen MR) is 176 cm³/mol. The lowest BCUT2D eigenvalue weighted by Crippen LogP contribution is -2.63. The molecule has 1 saturated heterocycles. The van der Waals surface area contributed by atoms with Gasteiger partial charge in [0.25, 0.3) is 0 Å². The number of halogens is 6. The first-order valence-corrected chi connectivity index (χ1v) is 18.5. The van der Waals surface area contributed by atoms with E-state index in [1.807, 2.05) is 0 Å². The van der Waals surface area contributed by atoms with Crippen molar-refractivity contribution in [3.8, 4) is 0 Å². The van der Waals surface area contributed by atoms with Gasteiger partial charge in [-0.25, -0.2) is 0 Å². The molecule has 0 saturated carbocycles. The lowest BCUT2D eigenvalue weighted by molar-refractivity contribution is -0.298. The van der Waals surface area contributed by atoms with Gasteiger partial charge in [-0.1, -0.05) is 121 Å². The Morgan fingerprint density at radius 3 is 1.38 bits per heavy atom. The molecule has 4 aromatic rings. The molecule has 5 atom stereocenters. The third kappa shape index (κ3) is 8.92. The van der Waals surface area contributed by atoms with Crippen molar-refractivity contribution in [2.45, 2.75) is 53.9 Å². The van der Waals surface area contributed by atoms with Gasteiger partial charge in [-0.3, -0.25) is 8.37 Å². The first-order valence-electron chi connectivity index (χ1n) is 15.6. The first-order chi connectivity index (χ1) is 25.0. The standard InChI is InChI=1S/C35H32F6O10S2/c1-46-32-31(51-53(44,45)35(39,40)41)30(47-22-24-14-6-2-7-15-24)29(50-52(42,43)34(36,37)38)28(49-32)23-48-33(25-16-8-3-9-17-25,26-18-10-4-11-19-26)27-20-12-5-13-21-27/h2-21,28-32H,22-23H2,1H3/t28-,29-,30+,31-,32-/m1/s1. The molecule has 5 rings (SSSR count). The highest BCUT2D eigenvalue weighted by Crippen LogP contribution is 2.43. The van der Waals surface area contributed by atoms with Crippen LogP contribution in [0.4, 0.5) is 26.3 Å². The van der Waals surface area contributed by atoms with Gasteiger partial charge in [0, 0.05) is 7.11 Å². The number of alkyl halides is 6. The lowest BCUT2D eigenvalue weighted by Gasteiger charge is -2.45. The summed E-state index contributed by atoms with van der Waals surface area (Å²) in [6, 6.07) is 33.3. The zero-order chi connectivity index (χ0) is 38.5. The minimum Gasteiger partial charge on any atom is -0.368 e. The van der Waals surface area contributed by atoms with Gasteiger partial charge in [-0.15, -0.1) is 0 Å². The number of hydrogen-bond acceptors (Lipinski definition) is 10. The van der Waals surface area contributed by atoms with Crippen molar-refractivity contribution >= 4 is 20.2 Å². The van der Waals surface area contributed by atoms with Crippen molar-refractivity contribution < 1.29 is 70.5 Å². The second kappa shape index (κ2) is 16.2. The Hall–Kier alpha value is -3.88. The van der Waals surface area contributed by atoms with Crippen LogP contribution >= 0.6 is 0 Å². The molecule has 0 unspecified atom stereocenters. The number of rotatable bonds is 14. The molecule has 1 aliphatic heterocycles. The molecule has 1 fully saturated rings. The molecule has 0 bridgehead atoms. The van der Waals surface area contributed by atoms with Crippen LogP contribution in [0.1, 0.15) is 22.3 Å². The van der Waals surface area contributed by atoms with Gasteiger partial charge in [0.1, 0.15) is 23.9 Å². The molecule has 4 aromatic carbocycles. The van der Waals surface area contributed by atoms with E-state index in [0.29, 0.717) is 22.3 Å². The van der Waals surface area contributed by atoms with Crippen LogP contribution in [-0.4, -0.2) is 72.3 Å². The summed E-state index contributed by atoms with van der Waals surface area (Å²) >= 11 is 0. The normalized spacial score (nSPS) is 21.7. The van der Waals surface area contributed by atoms with E-state index in [2.05, 4.69) is 8.37 Å². The summed E-state index contributed by atoms with van der Waals surface area (Å²) in [5.41, 5.74) is -11.8. The summed E-state index contributed by atoms with van der Waals surface area (Å²) in [5.74, 6) is 0. The van der Waals surface area contributed by atoms with E-state index < -0.39 is 80.8 Å². The van der Waals surface area contributed by atoms with E-state index in [0.717, 1.165) is 7.11 Å². The molecule has 0 aromatic heterocycles. The number of hydrogen-bond donors (Lipinski definition) is 0. The molecule has 18 heteroatoms. The van der Waals surface area contributed by atoms with Crippen molar-refractivity contribution in [3.63, 3.8) is 0 Å². The van der Waals surface area contributed by atoms with Crippen molar-refractivity contribution in [1.82, 2.24) is 0 Å². The molecule has 0 spiro atoms. The van der Waals surface area contributed by atoms with Crippen molar-refractivity contribution in [1.29, 1.82) is 0 Å². The van der Waals surface area contributed by atoms with Gasteiger partial charge < -0.3 is 18.9 Å². The number of methoxy groups -OCH3 is 1. The predicted octanol–water partition coefficient (Wildman–Crippen LogP) is 6.42. The maximum absolute atomic E-state index is 13.9. The van der Waals surface area contributed by atoms with Gasteiger partial charge in [-0.05, 0) is 22.3 Å². The summed E-state index contributed by atoms with van der Waals surface area (Å²) in [5, 5.41) is 0. The molecule has 0 amide bonds. The van der Waals surface area contributed by atoms with E-state index in [1.165, 1.54) is 24.3 Å². The maximum atomic E-state index is 13.9. The van der Waals surface area contributed by atoms with Crippen LogP contribution in [0.15, 0.2) is 121 Å². The van der Waals surface area contributed by atoms with Crippen molar-refractivity contribution in [3.05, 3.63) is 144 Å². The Bertz CT molecular complexity index is 1890. The quantitative estimate of drug-likeness (QED) is 0.0612. The average Bonchev–Trinajstić information content (AvgIpc) is 3.13. The lowest BCUT2D eigenvalue weighted by atomic mass is 9.80. The summed E-state index contributed by atoms with van der Waals surface area (Å²) in [6.07, 6.45) is -11.5. The fourth-order valence-corrected chi connectivity index (χ4v) is 6.99. The average molecular weight is 791 g/mol. The first kappa shape index (κ1) is 40.3. The third-order valence-corrected chi connectivity index (χ3v) is 10.2. The fraction of sp³-hybridized carbons (Fsp3) is 0.314. The van der Waals surface area contributed by atoms with E-state index in [9.17, 15) is 43.2 Å². The highest BCUT2D eigenvalue weighted by molar-refractivity contribution is 7.87. The van der Waals surface area contributed by atoms with Gasteiger partial charge in [0.2, 0.25) is 0 Å². The minimum atomic E-state index is -6.56. The minimum absolute atomic E-state index is 0.312. The van der Waals surface area contributed by atoms with Crippen LogP contribution in [-0.2, 0) is 59.8 Å². The van der Waals surface area contributed by atoms with Gasteiger partial charge in [0.05, 0.1) is 13.2 Å². The Morgan fingerprint density at radius 2 is 0.981 bits per heavy atom. The van der Waals surface area contributed by atoms with E-state index in [-0.39, 0.29) is 0 Å². The fourth-order valence-electron chi connectivity index (χ4n) is 5.75. The second-order valence-electron chi connectivity index (χ2n) is 11.6. The van der Waals surface area contributed by atoms with Gasteiger partial charge in [0.15, 0.2) is 12.4 Å². The monoisotopic (exact) mass is 790 g/mol. The number of ether oxygens (including phenoxy) is 4. The molecule has 0 N–H and O–H groups in total. The summed E-state index contributed by atoms with van der Waals surface area (Å²) < 4.78 is 165. The molecule has 0 radical (unpaired) electrons. The molecule has 286 valence electrons. The maximum Gasteiger partial charge on any atom is 0.523 e. The van der Waals surface area contributed by atoms with Crippen LogP contribution in [0.25, 0.3) is 0 Å². The zero-order valence-electron chi connectivity index (χ0n) is 27.5. The summed E-state index contributed by atoms with van der Waals surface area (Å²) in [6.45, 7) is -1.42. The Morgan fingerprint density at radius 1 is 0.585 bits per heavy atom. The Balaban J connectivity index is 1.66.